The smallest absolute Gasteiger partial charge is 0.144 e. The van der Waals surface area contributed by atoms with E-state index in [1.165, 1.54) is 0 Å². The summed E-state index contributed by atoms with van der Waals surface area (Å²) in [6, 6.07) is 5.78. The second-order valence-electron chi connectivity index (χ2n) is 5.65. The quantitative estimate of drug-likeness (QED) is 0.919. The first-order valence-electron chi connectivity index (χ1n) is 8.04. The molecular weight excluding hydrogens is 290 g/mol. The zero-order valence-corrected chi connectivity index (χ0v) is 13.3. The molecule has 3 heterocycles. The topological polar surface area (TPSA) is 75.8 Å². The van der Waals surface area contributed by atoms with Crippen molar-refractivity contribution in [2.24, 2.45) is 5.92 Å². The minimum absolute atomic E-state index is 0.0239. The molecule has 1 saturated heterocycles. The molecule has 0 bridgehead atoms. The van der Waals surface area contributed by atoms with Crippen molar-refractivity contribution >= 4 is 5.82 Å². The van der Waals surface area contributed by atoms with Crippen molar-refractivity contribution in [3.05, 3.63) is 42.1 Å². The zero-order chi connectivity index (χ0) is 16.1. The molecule has 0 amide bonds. The average molecular weight is 311 g/mol. The van der Waals surface area contributed by atoms with Crippen LogP contribution >= 0.6 is 0 Å². The first-order chi connectivity index (χ1) is 11.3. The molecule has 0 saturated carbocycles. The predicted molar refractivity (Wildman–Crippen MR) is 86.8 cm³/mol. The minimum atomic E-state index is 0.0239. The summed E-state index contributed by atoms with van der Waals surface area (Å²) in [4.78, 5) is 8.91. The third-order valence-corrected chi connectivity index (χ3v) is 4.32. The molecule has 0 aromatic carbocycles. The van der Waals surface area contributed by atoms with Gasteiger partial charge >= 0.3 is 0 Å². The van der Waals surface area contributed by atoms with E-state index in [0.717, 1.165) is 38.4 Å². The molecule has 1 atom stereocenters. The minimum Gasteiger partial charge on any atom is -0.381 e. The number of hydrogen-bond acceptors (Lipinski definition) is 5. The molecule has 1 aliphatic heterocycles. The van der Waals surface area contributed by atoms with Gasteiger partial charge in [0.05, 0.1) is 11.6 Å². The maximum Gasteiger partial charge on any atom is 0.144 e. The molecule has 1 fully saturated rings. The highest BCUT2D eigenvalue weighted by Gasteiger charge is 2.29. The molecule has 1 unspecified atom stereocenters. The van der Waals surface area contributed by atoms with E-state index in [2.05, 4.69) is 32.8 Å². The lowest BCUT2D eigenvalue weighted by molar-refractivity contribution is 0.0593. The molecule has 0 radical (unpaired) electrons. The first kappa shape index (κ1) is 15.5. The summed E-state index contributed by atoms with van der Waals surface area (Å²) in [5, 5.41) is 12.8. The number of anilines is 1. The molecule has 3 rings (SSSR count). The summed E-state index contributed by atoms with van der Waals surface area (Å²) in [5.74, 6) is 2.02. The second kappa shape index (κ2) is 7.25. The Labute approximate surface area is 136 Å². The third-order valence-electron chi connectivity index (χ3n) is 4.32. The number of imidazole rings is 1. The molecule has 120 valence electrons. The number of nitrogens with zero attached hydrogens (tertiary/aromatic N) is 4. The molecule has 2 aromatic heterocycles. The van der Waals surface area contributed by atoms with Crippen molar-refractivity contribution in [3.8, 4) is 6.07 Å². The van der Waals surface area contributed by atoms with Gasteiger partial charge < -0.3 is 14.6 Å². The van der Waals surface area contributed by atoms with Crippen LogP contribution in [0.5, 0.6) is 0 Å². The molecule has 0 aliphatic carbocycles. The van der Waals surface area contributed by atoms with Crippen molar-refractivity contribution in [1.29, 1.82) is 5.26 Å². The van der Waals surface area contributed by atoms with E-state index >= 15 is 0 Å². The molecule has 1 N–H and O–H groups in total. The van der Waals surface area contributed by atoms with Crippen LogP contribution in [0.4, 0.5) is 5.82 Å². The van der Waals surface area contributed by atoms with Crippen molar-refractivity contribution in [2.75, 3.05) is 18.5 Å². The first-order valence-corrected chi connectivity index (χ1v) is 8.04. The van der Waals surface area contributed by atoms with Crippen molar-refractivity contribution < 1.29 is 4.74 Å². The summed E-state index contributed by atoms with van der Waals surface area (Å²) in [7, 11) is 0. The predicted octanol–water partition coefficient (Wildman–Crippen LogP) is 2.75. The van der Waals surface area contributed by atoms with Crippen LogP contribution in [-0.4, -0.2) is 27.7 Å². The summed E-state index contributed by atoms with van der Waals surface area (Å²) in [6.07, 6.45) is 7.48. The Morgan fingerprint density at radius 1 is 1.39 bits per heavy atom. The van der Waals surface area contributed by atoms with E-state index in [-0.39, 0.29) is 6.04 Å². The van der Waals surface area contributed by atoms with Crippen LogP contribution in [0.3, 0.4) is 0 Å². The fourth-order valence-corrected chi connectivity index (χ4v) is 3.07. The van der Waals surface area contributed by atoms with E-state index in [4.69, 9.17) is 4.74 Å². The normalized spacial score (nSPS) is 16.7. The van der Waals surface area contributed by atoms with Gasteiger partial charge in [-0.05, 0) is 37.8 Å². The van der Waals surface area contributed by atoms with E-state index in [1.54, 1.807) is 18.3 Å². The Bertz CT molecular complexity index is 684. The van der Waals surface area contributed by atoms with Gasteiger partial charge in [0.15, 0.2) is 0 Å². The highest BCUT2D eigenvalue weighted by molar-refractivity contribution is 5.52. The number of nitriles is 1. The highest BCUT2D eigenvalue weighted by atomic mass is 16.5. The molecule has 2 aromatic rings. The Balaban J connectivity index is 1.93. The lowest BCUT2D eigenvalue weighted by atomic mass is 9.91. The van der Waals surface area contributed by atoms with Gasteiger partial charge in [0.25, 0.3) is 0 Å². The second-order valence-corrected chi connectivity index (χ2v) is 5.65. The molecule has 6 heteroatoms. The molecule has 6 nitrogen and oxygen atoms in total. The molecule has 23 heavy (non-hydrogen) atoms. The van der Waals surface area contributed by atoms with E-state index in [9.17, 15) is 5.26 Å². The Morgan fingerprint density at radius 3 is 2.96 bits per heavy atom. The number of pyridine rings is 1. The lowest BCUT2D eigenvalue weighted by Crippen LogP contribution is -2.29. The largest absolute Gasteiger partial charge is 0.381 e. The van der Waals surface area contributed by atoms with Gasteiger partial charge in [0.1, 0.15) is 17.7 Å². The lowest BCUT2D eigenvalue weighted by Gasteiger charge is -2.31. The van der Waals surface area contributed by atoms with Crippen LogP contribution in [0.1, 0.15) is 37.2 Å². The monoisotopic (exact) mass is 311 g/mol. The van der Waals surface area contributed by atoms with Gasteiger partial charge in [-0.25, -0.2) is 9.97 Å². The van der Waals surface area contributed by atoms with E-state index < -0.39 is 0 Å². The fraction of sp³-hybridized carbons (Fsp3) is 0.471. The van der Waals surface area contributed by atoms with Crippen LogP contribution in [0.25, 0.3) is 0 Å². The van der Waals surface area contributed by atoms with Crippen LogP contribution in [0, 0.1) is 17.2 Å². The highest BCUT2D eigenvalue weighted by Crippen LogP contribution is 2.32. The Hall–Kier alpha value is -2.39. The molecular formula is C17H21N5O. The summed E-state index contributed by atoms with van der Waals surface area (Å²) in [6.45, 7) is 4.50. The van der Waals surface area contributed by atoms with Crippen molar-refractivity contribution in [1.82, 2.24) is 14.5 Å². The summed E-state index contributed by atoms with van der Waals surface area (Å²) >= 11 is 0. The van der Waals surface area contributed by atoms with Gasteiger partial charge in [0.2, 0.25) is 0 Å². The van der Waals surface area contributed by atoms with Gasteiger partial charge in [-0.2, -0.15) is 5.26 Å². The SMILES string of the molecule is CCn1ccnc1C(Nc1ncccc1C#N)C1CCOCC1. The number of ether oxygens (including phenoxy) is 1. The fourth-order valence-electron chi connectivity index (χ4n) is 3.07. The Kier molecular flexibility index (Phi) is 4.89. The average Bonchev–Trinajstić information content (AvgIpc) is 3.09. The zero-order valence-electron chi connectivity index (χ0n) is 13.3. The van der Waals surface area contributed by atoms with Crippen molar-refractivity contribution in [2.45, 2.75) is 32.4 Å². The van der Waals surface area contributed by atoms with Crippen molar-refractivity contribution in [3.63, 3.8) is 0 Å². The van der Waals surface area contributed by atoms with Crippen LogP contribution in [0.15, 0.2) is 30.7 Å². The van der Waals surface area contributed by atoms with E-state index in [1.807, 2.05) is 12.4 Å². The van der Waals surface area contributed by atoms with Gasteiger partial charge in [-0.15, -0.1) is 0 Å². The number of aromatic nitrogens is 3. The van der Waals surface area contributed by atoms with Gasteiger partial charge in [-0.1, -0.05) is 0 Å². The summed E-state index contributed by atoms with van der Waals surface area (Å²) < 4.78 is 7.64. The Morgan fingerprint density at radius 2 is 2.22 bits per heavy atom. The number of rotatable bonds is 5. The number of hydrogen-bond donors (Lipinski definition) is 1. The third kappa shape index (κ3) is 3.35. The molecule has 0 spiro atoms. The van der Waals surface area contributed by atoms with E-state index in [0.29, 0.717) is 17.3 Å². The molecule has 1 aliphatic rings. The van der Waals surface area contributed by atoms with Gasteiger partial charge in [0, 0.05) is 38.3 Å². The van der Waals surface area contributed by atoms with Gasteiger partial charge in [-0.3, -0.25) is 0 Å². The van der Waals surface area contributed by atoms with Crippen LogP contribution in [0.2, 0.25) is 0 Å². The maximum absolute atomic E-state index is 9.30. The maximum atomic E-state index is 9.30. The number of nitrogens with one attached hydrogen (secondary N) is 1. The summed E-state index contributed by atoms with van der Waals surface area (Å²) in [5.41, 5.74) is 0.555. The van der Waals surface area contributed by atoms with Crippen LogP contribution in [-0.2, 0) is 11.3 Å². The number of aryl methyl sites for hydroxylation is 1. The standard InChI is InChI=1S/C17H21N5O/c1-2-22-9-8-20-17(22)15(13-5-10-23-11-6-13)21-16-14(12-18)4-3-7-19-16/h3-4,7-9,13,15H,2,5-6,10-11H2,1H3,(H,19,21). The van der Waals surface area contributed by atoms with Crippen LogP contribution < -0.4 is 5.32 Å².